The zero-order chi connectivity index (χ0) is 11.1. The van der Waals surface area contributed by atoms with Crippen LogP contribution < -0.4 is 5.73 Å². The number of ether oxygens (including phenoxy) is 1. The SMILES string of the molecule is CC(N)CCCOCc1ccccc1F. The van der Waals surface area contributed by atoms with Gasteiger partial charge in [-0.1, -0.05) is 18.2 Å². The highest BCUT2D eigenvalue weighted by Crippen LogP contribution is 2.07. The van der Waals surface area contributed by atoms with Gasteiger partial charge in [0, 0.05) is 18.2 Å². The summed E-state index contributed by atoms with van der Waals surface area (Å²) in [4.78, 5) is 0. The molecular weight excluding hydrogens is 193 g/mol. The van der Waals surface area contributed by atoms with Crippen molar-refractivity contribution >= 4 is 0 Å². The van der Waals surface area contributed by atoms with Crippen LogP contribution in [0.15, 0.2) is 24.3 Å². The summed E-state index contributed by atoms with van der Waals surface area (Å²) in [5, 5.41) is 0. The largest absolute Gasteiger partial charge is 0.377 e. The molecule has 0 spiro atoms. The second-order valence-corrected chi connectivity index (χ2v) is 3.76. The van der Waals surface area contributed by atoms with Crippen molar-refractivity contribution in [1.82, 2.24) is 0 Å². The molecule has 1 atom stereocenters. The zero-order valence-electron chi connectivity index (χ0n) is 9.08. The number of benzene rings is 1. The molecule has 1 unspecified atom stereocenters. The summed E-state index contributed by atoms with van der Waals surface area (Å²) in [6.07, 6.45) is 1.86. The molecule has 0 radical (unpaired) electrons. The Hall–Kier alpha value is -0.930. The lowest BCUT2D eigenvalue weighted by Crippen LogP contribution is -2.15. The van der Waals surface area contributed by atoms with Gasteiger partial charge in [0.2, 0.25) is 0 Å². The van der Waals surface area contributed by atoms with Gasteiger partial charge in [-0.2, -0.15) is 0 Å². The van der Waals surface area contributed by atoms with E-state index in [9.17, 15) is 4.39 Å². The fourth-order valence-electron chi connectivity index (χ4n) is 1.30. The Morgan fingerprint density at radius 1 is 1.40 bits per heavy atom. The molecule has 0 saturated heterocycles. The number of nitrogens with two attached hydrogens (primary N) is 1. The van der Waals surface area contributed by atoms with Gasteiger partial charge in [-0.05, 0) is 25.8 Å². The van der Waals surface area contributed by atoms with Crippen LogP contribution in [0.5, 0.6) is 0 Å². The van der Waals surface area contributed by atoms with Crippen LogP contribution in [0.25, 0.3) is 0 Å². The van der Waals surface area contributed by atoms with Gasteiger partial charge in [-0.15, -0.1) is 0 Å². The summed E-state index contributed by atoms with van der Waals surface area (Å²) in [5.41, 5.74) is 6.20. The van der Waals surface area contributed by atoms with E-state index in [0.29, 0.717) is 18.8 Å². The van der Waals surface area contributed by atoms with E-state index < -0.39 is 0 Å². The van der Waals surface area contributed by atoms with Crippen LogP contribution in [0.4, 0.5) is 4.39 Å². The highest BCUT2D eigenvalue weighted by atomic mass is 19.1. The molecule has 84 valence electrons. The van der Waals surface area contributed by atoms with Gasteiger partial charge in [0.15, 0.2) is 0 Å². The van der Waals surface area contributed by atoms with Gasteiger partial charge < -0.3 is 10.5 Å². The van der Waals surface area contributed by atoms with Crippen LogP contribution in [-0.4, -0.2) is 12.6 Å². The van der Waals surface area contributed by atoms with Crippen molar-refractivity contribution < 1.29 is 9.13 Å². The average Bonchev–Trinajstić information content (AvgIpc) is 2.20. The molecule has 1 aromatic rings. The molecule has 0 aromatic heterocycles. The number of halogens is 1. The summed E-state index contributed by atoms with van der Waals surface area (Å²) < 4.78 is 18.5. The lowest BCUT2D eigenvalue weighted by Gasteiger charge is -2.06. The molecule has 0 aliphatic carbocycles. The van der Waals surface area contributed by atoms with Crippen molar-refractivity contribution in [1.29, 1.82) is 0 Å². The standard InChI is InChI=1S/C12H18FNO/c1-10(14)5-4-8-15-9-11-6-2-3-7-12(11)13/h2-3,6-7,10H,4-5,8-9,14H2,1H3. The van der Waals surface area contributed by atoms with E-state index in [-0.39, 0.29) is 11.9 Å². The Labute approximate surface area is 90.2 Å². The monoisotopic (exact) mass is 211 g/mol. The molecule has 0 aliphatic heterocycles. The molecule has 1 aromatic carbocycles. The Kier molecular flexibility index (Phi) is 5.29. The van der Waals surface area contributed by atoms with Crippen LogP contribution in [0, 0.1) is 5.82 Å². The molecule has 0 heterocycles. The molecule has 0 bridgehead atoms. The first kappa shape index (κ1) is 12.1. The highest BCUT2D eigenvalue weighted by Gasteiger charge is 2.00. The van der Waals surface area contributed by atoms with Crippen molar-refractivity contribution in [3.05, 3.63) is 35.6 Å². The van der Waals surface area contributed by atoms with Crippen molar-refractivity contribution in [3.63, 3.8) is 0 Å². The molecule has 2 N–H and O–H groups in total. The fraction of sp³-hybridized carbons (Fsp3) is 0.500. The Morgan fingerprint density at radius 2 is 2.13 bits per heavy atom. The Balaban J connectivity index is 2.18. The third kappa shape index (κ3) is 4.91. The lowest BCUT2D eigenvalue weighted by atomic mass is 10.2. The van der Waals surface area contributed by atoms with E-state index >= 15 is 0 Å². The third-order valence-corrected chi connectivity index (χ3v) is 2.16. The van der Waals surface area contributed by atoms with Crippen molar-refractivity contribution in [2.75, 3.05) is 6.61 Å². The second-order valence-electron chi connectivity index (χ2n) is 3.76. The molecule has 0 amide bonds. The lowest BCUT2D eigenvalue weighted by molar-refractivity contribution is 0.114. The van der Waals surface area contributed by atoms with Gasteiger partial charge in [-0.3, -0.25) is 0 Å². The quantitative estimate of drug-likeness (QED) is 0.734. The molecule has 15 heavy (non-hydrogen) atoms. The van der Waals surface area contributed by atoms with Crippen molar-refractivity contribution in [2.24, 2.45) is 5.73 Å². The summed E-state index contributed by atoms with van der Waals surface area (Å²) in [7, 11) is 0. The molecule has 2 nitrogen and oxygen atoms in total. The van der Waals surface area contributed by atoms with Gasteiger partial charge in [0.05, 0.1) is 6.61 Å². The van der Waals surface area contributed by atoms with Crippen LogP contribution >= 0.6 is 0 Å². The normalized spacial score (nSPS) is 12.7. The third-order valence-electron chi connectivity index (χ3n) is 2.16. The van der Waals surface area contributed by atoms with Crippen LogP contribution in [0.2, 0.25) is 0 Å². The van der Waals surface area contributed by atoms with Gasteiger partial charge in [-0.25, -0.2) is 4.39 Å². The molecule has 1 rings (SSSR count). The number of hydrogen-bond acceptors (Lipinski definition) is 2. The molecule has 3 heteroatoms. The number of hydrogen-bond donors (Lipinski definition) is 1. The van der Waals surface area contributed by atoms with Crippen LogP contribution in [0.1, 0.15) is 25.3 Å². The Morgan fingerprint density at radius 3 is 2.80 bits per heavy atom. The van der Waals surface area contributed by atoms with E-state index in [4.69, 9.17) is 10.5 Å². The van der Waals surface area contributed by atoms with Gasteiger partial charge >= 0.3 is 0 Å². The predicted octanol–water partition coefficient (Wildman–Crippen LogP) is 2.47. The van der Waals surface area contributed by atoms with E-state index in [1.54, 1.807) is 12.1 Å². The summed E-state index contributed by atoms with van der Waals surface area (Å²) in [6, 6.07) is 6.88. The van der Waals surface area contributed by atoms with Crippen molar-refractivity contribution in [2.45, 2.75) is 32.4 Å². The van der Waals surface area contributed by atoms with Gasteiger partial charge in [0.1, 0.15) is 5.82 Å². The maximum absolute atomic E-state index is 13.1. The maximum atomic E-state index is 13.1. The van der Waals surface area contributed by atoms with E-state index in [0.717, 1.165) is 12.8 Å². The molecule has 0 aliphatic rings. The van der Waals surface area contributed by atoms with Crippen LogP contribution in [-0.2, 0) is 11.3 Å². The van der Waals surface area contributed by atoms with Crippen LogP contribution in [0.3, 0.4) is 0 Å². The first-order valence-electron chi connectivity index (χ1n) is 5.27. The Bertz CT molecular complexity index is 289. The first-order valence-corrected chi connectivity index (χ1v) is 5.27. The summed E-state index contributed by atoms with van der Waals surface area (Å²) in [6.45, 7) is 2.94. The minimum Gasteiger partial charge on any atom is -0.377 e. The summed E-state index contributed by atoms with van der Waals surface area (Å²) >= 11 is 0. The minimum absolute atomic E-state index is 0.204. The molecule has 0 saturated carbocycles. The van der Waals surface area contributed by atoms with E-state index in [1.165, 1.54) is 6.07 Å². The molecule has 0 fully saturated rings. The molecular formula is C12H18FNO. The number of rotatable bonds is 6. The fourth-order valence-corrected chi connectivity index (χ4v) is 1.30. The van der Waals surface area contributed by atoms with Gasteiger partial charge in [0.25, 0.3) is 0 Å². The highest BCUT2D eigenvalue weighted by molar-refractivity contribution is 5.16. The predicted molar refractivity (Wildman–Crippen MR) is 58.9 cm³/mol. The first-order chi connectivity index (χ1) is 7.20. The smallest absolute Gasteiger partial charge is 0.128 e. The average molecular weight is 211 g/mol. The zero-order valence-corrected chi connectivity index (χ0v) is 9.08. The minimum atomic E-state index is -0.204. The summed E-state index contributed by atoms with van der Waals surface area (Å²) in [5.74, 6) is -0.204. The van der Waals surface area contributed by atoms with E-state index in [2.05, 4.69) is 0 Å². The van der Waals surface area contributed by atoms with Crippen molar-refractivity contribution in [3.8, 4) is 0 Å². The topological polar surface area (TPSA) is 35.2 Å². The second kappa shape index (κ2) is 6.53. The maximum Gasteiger partial charge on any atom is 0.128 e. The van der Waals surface area contributed by atoms with E-state index in [1.807, 2.05) is 13.0 Å².